The number of halogens is 3. The van der Waals surface area contributed by atoms with E-state index in [0.29, 0.717) is 17.3 Å². The van der Waals surface area contributed by atoms with Crippen LogP contribution >= 0.6 is 0 Å². The number of ketones is 1. The van der Waals surface area contributed by atoms with Crippen LogP contribution in [0.3, 0.4) is 0 Å². The van der Waals surface area contributed by atoms with E-state index in [9.17, 15) is 18.0 Å². The van der Waals surface area contributed by atoms with Crippen LogP contribution in [-0.4, -0.2) is 57.8 Å². The van der Waals surface area contributed by atoms with E-state index < -0.39 is 11.7 Å². The Balaban J connectivity index is 1.27. The lowest BCUT2D eigenvalue weighted by Gasteiger charge is -2.36. The fourth-order valence-electron chi connectivity index (χ4n) is 5.41. The van der Waals surface area contributed by atoms with E-state index in [1.807, 2.05) is 13.0 Å². The first-order valence-corrected chi connectivity index (χ1v) is 12.9. The highest BCUT2D eigenvalue weighted by Gasteiger charge is 2.31. The summed E-state index contributed by atoms with van der Waals surface area (Å²) in [5.74, 6) is -0.153. The number of alkyl halides is 3. The van der Waals surface area contributed by atoms with Gasteiger partial charge in [0.05, 0.1) is 47.6 Å². The highest BCUT2D eigenvalue weighted by atomic mass is 19.4. The van der Waals surface area contributed by atoms with Crippen LogP contribution in [-0.2, 0) is 17.3 Å². The number of Topliss-reactive ketones (excluding diaryl/α,β-unsaturated/α-hetero) is 1. The van der Waals surface area contributed by atoms with E-state index >= 15 is 0 Å². The summed E-state index contributed by atoms with van der Waals surface area (Å²) in [6, 6.07) is 7.48. The van der Waals surface area contributed by atoms with Crippen molar-refractivity contribution in [2.24, 2.45) is 0 Å². The molecule has 1 aliphatic carbocycles. The Morgan fingerprint density at radius 2 is 1.92 bits per heavy atom. The number of pyridine rings is 1. The molecule has 0 radical (unpaired) electrons. The van der Waals surface area contributed by atoms with Gasteiger partial charge in [0.1, 0.15) is 0 Å². The summed E-state index contributed by atoms with van der Waals surface area (Å²) in [6.07, 6.45) is 4.24. The molecule has 3 aromatic rings. The van der Waals surface area contributed by atoms with Gasteiger partial charge >= 0.3 is 6.18 Å². The third kappa shape index (κ3) is 5.59. The summed E-state index contributed by atoms with van der Waals surface area (Å²) < 4.78 is 46.2. The van der Waals surface area contributed by atoms with Crippen LogP contribution in [0.2, 0.25) is 0 Å². The Morgan fingerprint density at radius 3 is 2.61 bits per heavy atom. The molecule has 1 atom stereocenters. The van der Waals surface area contributed by atoms with E-state index in [1.165, 1.54) is 22.5 Å². The maximum atomic E-state index is 13.1. The highest BCUT2D eigenvalue weighted by molar-refractivity contribution is 5.98. The number of aryl methyl sites for hydroxylation is 1. The number of hydrogen-bond donors (Lipinski definition) is 0. The Bertz CT molecular complexity index is 1360. The molecule has 6 nitrogen and oxygen atoms in total. The summed E-state index contributed by atoms with van der Waals surface area (Å²) in [4.78, 5) is 20.3. The van der Waals surface area contributed by atoms with Gasteiger partial charge in [0.15, 0.2) is 5.78 Å². The Hall–Kier alpha value is -3.30. The number of allylic oxidation sites excluding steroid dienone is 1. The van der Waals surface area contributed by atoms with Crippen LogP contribution in [0.1, 0.15) is 57.7 Å². The molecular formula is C29H31F3N4O2. The molecule has 1 aliphatic heterocycles. The van der Waals surface area contributed by atoms with Gasteiger partial charge in [0.2, 0.25) is 0 Å². The maximum absolute atomic E-state index is 13.1. The molecule has 0 saturated carbocycles. The van der Waals surface area contributed by atoms with Crippen LogP contribution in [0.15, 0.2) is 48.8 Å². The minimum absolute atomic E-state index is 0.140. The zero-order valence-corrected chi connectivity index (χ0v) is 21.6. The van der Waals surface area contributed by atoms with Gasteiger partial charge in [-0.25, -0.2) is 4.68 Å². The minimum Gasteiger partial charge on any atom is -0.379 e. The predicted molar refractivity (Wildman–Crippen MR) is 138 cm³/mol. The highest BCUT2D eigenvalue weighted by Crippen LogP contribution is 2.32. The number of morpholine rings is 1. The van der Waals surface area contributed by atoms with E-state index in [0.717, 1.165) is 74.5 Å². The standard InChI is InChI=1S/C29H31F3N4O2/c1-19-14-21(17-33-28(19)22-6-8-24(9-7-22)35-10-12-38-13-11-35)15-27(37)26-18-34-36(20(26)2)25-5-3-4-23(16-25)29(30,31)32/h3-6,14,16-18,24H,7-13,15H2,1-2H3. The second-order valence-electron chi connectivity index (χ2n) is 10.0. The molecule has 1 fully saturated rings. The molecule has 1 unspecified atom stereocenters. The summed E-state index contributed by atoms with van der Waals surface area (Å²) in [6.45, 7) is 7.30. The lowest BCUT2D eigenvalue weighted by Crippen LogP contribution is -2.43. The second-order valence-corrected chi connectivity index (χ2v) is 10.0. The Morgan fingerprint density at radius 1 is 1.13 bits per heavy atom. The van der Waals surface area contributed by atoms with Gasteiger partial charge < -0.3 is 4.74 Å². The molecular weight excluding hydrogens is 493 g/mol. The second kappa shape index (κ2) is 10.8. The van der Waals surface area contributed by atoms with Crippen molar-refractivity contribution in [1.82, 2.24) is 19.7 Å². The van der Waals surface area contributed by atoms with Gasteiger partial charge in [-0.15, -0.1) is 0 Å². The first kappa shape index (κ1) is 26.3. The Labute approximate surface area is 220 Å². The number of carbonyl (C=O) groups is 1. The molecule has 200 valence electrons. The summed E-state index contributed by atoms with van der Waals surface area (Å²) in [5, 5.41) is 4.20. The summed E-state index contributed by atoms with van der Waals surface area (Å²) in [5.41, 5.74) is 4.44. The molecule has 38 heavy (non-hydrogen) atoms. The smallest absolute Gasteiger partial charge is 0.379 e. The quantitative estimate of drug-likeness (QED) is 0.393. The molecule has 0 N–H and O–H groups in total. The van der Waals surface area contributed by atoms with Crippen molar-refractivity contribution in [3.63, 3.8) is 0 Å². The van der Waals surface area contributed by atoms with Crippen LogP contribution in [0.4, 0.5) is 13.2 Å². The first-order valence-electron chi connectivity index (χ1n) is 12.9. The number of rotatable bonds is 6. The molecule has 2 aromatic heterocycles. The average Bonchev–Trinajstić information content (AvgIpc) is 3.30. The molecule has 0 bridgehead atoms. The predicted octanol–water partition coefficient (Wildman–Crippen LogP) is 5.60. The monoisotopic (exact) mass is 524 g/mol. The van der Waals surface area contributed by atoms with Gasteiger partial charge in [-0.2, -0.15) is 18.3 Å². The minimum atomic E-state index is -4.45. The number of hydrogen-bond acceptors (Lipinski definition) is 5. The Kier molecular flexibility index (Phi) is 7.49. The van der Waals surface area contributed by atoms with Crippen LogP contribution in [0.25, 0.3) is 11.3 Å². The van der Waals surface area contributed by atoms with Crippen molar-refractivity contribution in [3.05, 3.63) is 82.4 Å². The van der Waals surface area contributed by atoms with Gasteiger partial charge in [0, 0.05) is 31.7 Å². The maximum Gasteiger partial charge on any atom is 0.416 e. The van der Waals surface area contributed by atoms with Crippen molar-refractivity contribution in [2.45, 2.75) is 51.7 Å². The van der Waals surface area contributed by atoms with Crippen LogP contribution in [0.5, 0.6) is 0 Å². The fraction of sp³-hybridized carbons (Fsp3) is 0.414. The average molecular weight is 525 g/mol. The number of ether oxygens (including phenoxy) is 1. The number of benzene rings is 1. The topological polar surface area (TPSA) is 60.2 Å². The summed E-state index contributed by atoms with van der Waals surface area (Å²) >= 11 is 0. The zero-order valence-electron chi connectivity index (χ0n) is 21.6. The molecule has 5 rings (SSSR count). The van der Waals surface area contributed by atoms with Crippen LogP contribution in [0, 0.1) is 13.8 Å². The largest absolute Gasteiger partial charge is 0.416 e. The first-order chi connectivity index (χ1) is 18.2. The number of aromatic nitrogens is 3. The normalized spacial score (nSPS) is 18.9. The van der Waals surface area contributed by atoms with E-state index in [4.69, 9.17) is 9.72 Å². The molecule has 1 aromatic carbocycles. The van der Waals surface area contributed by atoms with Crippen molar-refractivity contribution in [1.29, 1.82) is 0 Å². The van der Waals surface area contributed by atoms with Crippen LogP contribution < -0.4 is 0 Å². The van der Waals surface area contributed by atoms with Gasteiger partial charge in [-0.05, 0) is 68.0 Å². The van der Waals surface area contributed by atoms with E-state index in [2.05, 4.69) is 16.1 Å². The molecule has 0 amide bonds. The fourth-order valence-corrected chi connectivity index (χ4v) is 5.41. The van der Waals surface area contributed by atoms with Gasteiger partial charge in [0.25, 0.3) is 0 Å². The number of nitrogens with zero attached hydrogens (tertiary/aromatic N) is 4. The third-order valence-electron chi connectivity index (χ3n) is 7.48. The van der Waals surface area contributed by atoms with Crippen molar-refractivity contribution >= 4 is 11.4 Å². The van der Waals surface area contributed by atoms with Crippen molar-refractivity contribution in [3.8, 4) is 5.69 Å². The molecule has 2 aliphatic rings. The van der Waals surface area contributed by atoms with Gasteiger partial charge in [-0.1, -0.05) is 18.2 Å². The molecule has 9 heteroatoms. The number of carbonyl (C=O) groups excluding carboxylic acids is 1. The SMILES string of the molecule is Cc1cc(CC(=O)c2cnn(-c3cccc(C(F)(F)F)c3)c2C)cnc1C1=CCC(N2CCOCC2)CC1. The van der Waals surface area contributed by atoms with E-state index in [1.54, 1.807) is 19.2 Å². The molecule has 1 saturated heterocycles. The van der Waals surface area contributed by atoms with E-state index in [-0.39, 0.29) is 17.9 Å². The molecule has 0 spiro atoms. The third-order valence-corrected chi connectivity index (χ3v) is 7.48. The lowest BCUT2D eigenvalue weighted by atomic mass is 9.90. The van der Waals surface area contributed by atoms with Crippen molar-refractivity contribution in [2.75, 3.05) is 26.3 Å². The zero-order chi connectivity index (χ0) is 26.9. The van der Waals surface area contributed by atoms with Gasteiger partial charge in [-0.3, -0.25) is 14.7 Å². The molecule has 3 heterocycles. The lowest BCUT2D eigenvalue weighted by molar-refractivity contribution is -0.137. The van der Waals surface area contributed by atoms with Crippen molar-refractivity contribution < 1.29 is 22.7 Å². The summed E-state index contributed by atoms with van der Waals surface area (Å²) in [7, 11) is 0.